The number of amides is 1. The van der Waals surface area contributed by atoms with Crippen LogP contribution in [0.25, 0.3) is 0 Å². The molecule has 19 heavy (non-hydrogen) atoms. The van der Waals surface area contributed by atoms with E-state index in [9.17, 15) is 9.90 Å². The topological polar surface area (TPSA) is 62.2 Å². The molecule has 0 saturated carbocycles. The summed E-state index contributed by atoms with van der Waals surface area (Å²) in [6.45, 7) is 10.6. The van der Waals surface area contributed by atoms with E-state index >= 15 is 0 Å². The molecule has 1 aromatic rings. The Kier molecular flexibility index (Phi) is 5.50. The van der Waals surface area contributed by atoms with E-state index < -0.39 is 0 Å². The molecule has 0 aliphatic carbocycles. The smallest absolute Gasteiger partial charge is 0.263 e. The molecule has 0 aliphatic rings. The molecule has 1 aromatic heterocycles. The van der Waals surface area contributed by atoms with Crippen LogP contribution in [-0.2, 0) is 5.41 Å². The van der Waals surface area contributed by atoms with Crippen LogP contribution < -0.4 is 5.32 Å². The van der Waals surface area contributed by atoms with Gasteiger partial charge in [-0.25, -0.2) is 4.98 Å². The molecule has 1 heterocycles. The average Bonchev–Trinajstić information content (AvgIpc) is 2.73. The van der Waals surface area contributed by atoms with Crippen molar-refractivity contribution < 1.29 is 9.90 Å². The highest BCUT2D eigenvalue weighted by molar-refractivity contribution is 7.13. The molecule has 0 fully saturated rings. The molecule has 0 spiro atoms. The number of aliphatic hydroxyl groups is 1. The quantitative estimate of drug-likeness (QED) is 0.873. The number of hydrogen-bond donors (Lipinski definition) is 2. The molecule has 1 rings (SSSR count). The number of hydrogen-bond acceptors (Lipinski definition) is 4. The van der Waals surface area contributed by atoms with Crippen molar-refractivity contribution in [2.45, 2.75) is 52.6 Å². The van der Waals surface area contributed by atoms with Crippen LogP contribution in [0.15, 0.2) is 6.20 Å². The Labute approximate surface area is 119 Å². The first kappa shape index (κ1) is 16.1. The zero-order chi connectivity index (χ0) is 14.6. The van der Waals surface area contributed by atoms with Gasteiger partial charge in [0.15, 0.2) is 0 Å². The minimum absolute atomic E-state index is 0.0250. The van der Waals surface area contributed by atoms with E-state index in [0.717, 1.165) is 5.01 Å². The number of nitrogens with zero attached hydrogens (tertiary/aromatic N) is 1. The first-order chi connectivity index (χ1) is 8.70. The molecule has 0 radical (unpaired) electrons. The summed E-state index contributed by atoms with van der Waals surface area (Å²) in [6.07, 6.45) is 2.00. The maximum Gasteiger partial charge on any atom is 0.263 e. The standard InChI is InChI=1S/C14H24N2O2S/c1-9(6-10(2)17)7-15-12(18)11-8-16-13(19-11)14(3,4)5/h8-10,17H,6-7H2,1-5H3,(H,15,18). The van der Waals surface area contributed by atoms with Gasteiger partial charge in [0.1, 0.15) is 4.88 Å². The van der Waals surface area contributed by atoms with Gasteiger partial charge in [0, 0.05) is 12.0 Å². The molecule has 5 heteroatoms. The molecule has 0 aliphatic heterocycles. The number of aliphatic hydroxyl groups excluding tert-OH is 1. The molecule has 0 aromatic carbocycles. The van der Waals surface area contributed by atoms with E-state index in [-0.39, 0.29) is 23.3 Å². The lowest BCUT2D eigenvalue weighted by Gasteiger charge is -2.14. The van der Waals surface area contributed by atoms with Gasteiger partial charge in [-0.15, -0.1) is 11.3 Å². The maximum absolute atomic E-state index is 12.0. The lowest BCUT2D eigenvalue weighted by molar-refractivity contribution is 0.0943. The van der Waals surface area contributed by atoms with Crippen molar-refractivity contribution in [1.82, 2.24) is 10.3 Å². The largest absolute Gasteiger partial charge is 0.393 e. The van der Waals surface area contributed by atoms with Crippen LogP contribution in [0.5, 0.6) is 0 Å². The minimum Gasteiger partial charge on any atom is -0.393 e. The van der Waals surface area contributed by atoms with E-state index in [0.29, 0.717) is 17.8 Å². The number of carbonyl (C=O) groups excluding carboxylic acids is 1. The van der Waals surface area contributed by atoms with Crippen LogP contribution in [0.3, 0.4) is 0 Å². The van der Waals surface area contributed by atoms with Crippen molar-refractivity contribution in [3.05, 3.63) is 16.1 Å². The number of rotatable bonds is 5. The van der Waals surface area contributed by atoms with E-state index in [1.807, 2.05) is 6.92 Å². The van der Waals surface area contributed by atoms with Gasteiger partial charge in [-0.2, -0.15) is 0 Å². The third-order valence-electron chi connectivity index (χ3n) is 2.73. The molecular formula is C14H24N2O2S. The normalized spacial score (nSPS) is 15.1. The van der Waals surface area contributed by atoms with Gasteiger partial charge >= 0.3 is 0 Å². The Bertz CT molecular complexity index is 421. The van der Waals surface area contributed by atoms with Crippen LogP contribution >= 0.6 is 11.3 Å². The Morgan fingerprint density at radius 3 is 2.58 bits per heavy atom. The summed E-state index contributed by atoms with van der Waals surface area (Å²) in [5.41, 5.74) is -0.0250. The van der Waals surface area contributed by atoms with Gasteiger partial charge in [0.2, 0.25) is 0 Å². The van der Waals surface area contributed by atoms with Crippen LogP contribution in [0.1, 0.15) is 55.7 Å². The average molecular weight is 284 g/mol. The molecule has 108 valence electrons. The van der Waals surface area contributed by atoms with Gasteiger partial charge in [0.05, 0.1) is 17.3 Å². The summed E-state index contributed by atoms with van der Waals surface area (Å²) >= 11 is 1.44. The summed E-state index contributed by atoms with van der Waals surface area (Å²) in [6, 6.07) is 0. The summed E-state index contributed by atoms with van der Waals surface area (Å²) in [5, 5.41) is 13.1. The summed E-state index contributed by atoms with van der Waals surface area (Å²) < 4.78 is 0. The van der Waals surface area contributed by atoms with E-state index in [1.54, 1.807) is 13.1 Å². The Balaban J connectivity index is 2.52. The zero-order valence-corrected chi connectivity index (χ0v) is 13.2. The maximum atomic E-state index is 12.0. The summed E-state index contributed by atoms with van der Waals surface area (Å²) in [5.74, 6) is 0.185. The monoisotopic (exact) mass is 284 g/mol. The second-order valence-corrected chi connectivity index (χ2v) is 7.21. The predicted octanol–water partition coefficient (Wildman–Crippen LogP) is 2.58. The molecule has 4 nitrogen and oxygen atoms in total. The van der Waals surface area contributed by atoms with Crippen LogP contribution in [0.4, 0.5) is 0 Å². The Hall–Kier alpha value is -0.940. The van der Waals surface area contributed by atoms with Gasteiger partial charge in [0.25, 0.3) is 5.91 Å². The lowest BCUT2D eigenvalue weighted by atomic mass is 9.98. The van der Waals surface area contributed by atoms with E-state index in [1.165, 1.54) is 11.3 Å². The Morgan fingerprint density at radius 1 is 1.47 bits per heavy atom. The second kappa shape index (κ2) is 6.48. The molecule has 1 amide bonds. The van der Waals surface area contributed by atoms with Crippen molar-refractivity contribution in [2.75, 3.05) is 6.54 Å². The fourth-order valence-corrected chi connectivity index (χ4v) is 2.64. The number of carbonyl (C=O) groups is 1. The molecule has 2 N–H and O–H groups in total. The molecular weight excluding hydrogens is 260 g/mol. The van der Waals surface area contributed by atoms with Crippen molar-refractivity contribution >= 4 is 17.2 Å². The van der Waals surface area contributed by atoms with Crippen LogP contribution in [-0.4, -0.2) is 28.6 Å². The number of nitrogens with one attached hydrogen (secondary N) is 1. The SMILES string of the molecule is CC(O)CC(C)CNC(=O)c1cnc(C(C)(C)C)s1. The van der Waals surface area contributed by atoms with Gasteiger partial charge in [-0.05, 0) is 19.3 Å². The van der Waals surface area contributed by atoms with E-state index in [4.69, 9.17) is 0 Å². The van der Waals surface area contributed by atoms with Gasteiger partial charge < -0.3 is 10.4 Å². The van der Waals surface area contributed by atoms with Crippen molar-refractivity contribution in [3.63, 3.8) is 0 Å². The lowest BCUT2D eigenvalue weighted by Crippen LogP contribution is -2.28. The van der Waals surface area contributed by atoms with Gasteiger partial charge in [-0.1, -0.05) is 27.7 Å². The molecule has 0 saturated heterocycles. The van der Waals surface area contributed by atoms with E-state index in [2.05, 4.69) is 31.1 Å². The summed E-state index contributed by atoms with van der Waals surface area (Å²) in [4.78, 5) is 16.9. The van der Waals surface area contributed by atoms with Crippen LogP contribution in [0, 0.1) is 5.92 Å². The molecule has 2 atom stereocenters. The third-order valence-corrected chi connectivity index (χ3v) is 4.15. The highest BCUT2D eigenvalue weighted by Crippen LogP contribution is 2.26. The molecule has 2 unspecified atom stereocenters. The highest BCUT2D eigenvalue weighted by Gasteiger charge is 2.20. The van der Waals surface area contributed by atoms with Crippen molar-refractivity contribution in [2.24, 2.45) is 5.92 Å². The predicted molar refractivity (Wildman–Crippen MR) is 78.6 cm³/mol. The minimum atomic E-state index is -0.331. The molecule has 0 bridgehead atoms. The third kappa shape index (κ3) is 5.28. The first-order valence-electron chi connectivity index (χ1n) is 6.62. The fourth-order valence-electron chi connectivity index (χ4n) is 1.75. The summed E-state index contributed by atoms with van der Waals surface area (Å²) in [7, 11) is 0. The second-order valence-electron chi connectivity index (χ2n) is 6.18. The van der Waals surface area contributed by atoms with Gasteiger partial charge in [-0.3, -0.25) is 4.79 Å². The Morgan fingerprint density at radius 2 is 2.11 bits per heavy atom. The van der Waals surface area contributed by atoms with Crippen molar-refractivity contribution in [3.8, 4) is 0 Å². The van der Waals surface area contributed by atoms with Crippen molar-refractivity contribution in [1.29, 1.82) is 0 Å². The first-order valence-corrected chi connectivity index (χ1v) is 7.44. The zero-order valence-electron chi connectivity index (χ0n) is 12.4. The number of aromatic nitrogens is 1. The van der Waals surface area contributed by atoms with Crippen LogP contribution in [0.2, 0.25) is 0 Å². The highest BCUT2D eigenvalue weighted by atomic mass is 32.1. The fraction of sp³-hybridized carbons (Fsp3) is 0.714. The number of thiazole rings is 1.